The summed E-state index contributed by atoms with van der Waals surface area (Å²) in [7, 11) is 0. The monoisotopic (exact) mass is 282 g/mol. The van der Waals surface area contributed by atoms with Crippen LogP contribution in [0.25, 0.3) is 11.1 Å². The van der Waals surface area contributed by atoms with Crippen molar-refractivity contribution in [2.45, 2.75) is 39.5 Å². The molecule has 2 aromatic rings. The molecular weight excluding hydrogens is 260 g/mol. The molecule has 0 fully saturated rings. The summed E-state index contributed by atoms with van der Waals surface area (Å²) < 4.78 is 0. The Labute approximate surface area is 126 Å². The molecule has 110 valence electrons. The van der Waals surface area contributed by atoms with Crippen LogP contribution in [0.5, 0.6) is 0 Å². The summed E-state index contributed by atoms with van der Waals surface area (Å²) in [4.78, 5) is 11.2. The fourth-order valence-corrected chi connectivity index (χ4v) is 2.39. The van der Waals surface area contributed by atoms with Crippen molar-refractivity contribution in [3.05, 3.63) is 59.2 Å². The highest BCUT2D eigenvalue weighted by atomic mass is 16.4. The van der Waals surface area contributed by atoms with E-state index in [9.17, 15) is 4.79 Å². The fraction of sp³-hybridized carbons (Fsp3) is 0.316. The molecule has 2 nitrogen and oxygen atoms in total. The van der Waals surface area contributed by atoms with Crippen molar-refractivity contribution in [3.8, 4) is 11.1 Å². The molecule has 0 aliphatic heterocycles. The number of carbonyl (C=O) groups is 1. The van der Waals surface area contributed by atoms with E-state index in [2.05, 4.69) is 45.0 Å². The van der Waals surface area contributed by atoms with Gasteiger partial charge in [0.05, 0.1) is 5.56 Å². The highest BCUT2D eigenvalue weighted by molar-refractivity contribution is 5.89. The lowest BCUT2D eigenvalue weighted by atomic mass is 9.82. The molecule has 0 saturated carbocycles. The first-order valence-corrected chi connectivity index (χ1v) is 7.29. The van der Waals surface area contributed by atoms with E-state index in [0.717, 1.165) is 23.1 Å². The second-order valence-electron chi connectivity index (χ2n) is 6.21. The van der Waals surface area contributed by atoms with Crippen molar-refractivity contribution in [1.29, 1.82) is 0 Å². The smallest absolute Gasteiger partial charge is 0.335 e. The molecular formula is C19H22O2. The highest BCUT2D eigenvalue weighted by Gasteiger charge is 2.17. The maximum absolute atomic E-state index is 11.2. The van der Waals surface area contributed by atoms with Crippen LogP contribution in [0.3, 0.4) is 0 Å². The van der Waals surface area contributed by atoms with Crippen molar-refractivity contribution in [2.24, 2.45) is 0 Å². The van der Waals surface area contributed by atoms with Gasteiger partial charge in [-0.2, -0.15) is 0 Å². The van der Waals surface area contributed by atoms with E-state index in [4.69, 9.17) is 5.11 Å². The maximum atomic E-state index is 11.2. The van der Waals surface area contributed by atoms with Gasteiger partial charge in [0.2, 0.25) is 0 Å². The molecule has 2 rings (SSSR count). The molecule has 0 heterocycles. The molecule has 1 N–H and O–H groups in total. The summed E-state index contributed by atoms with van der Waals surface area (Å²) in [5.74, 6) is -0.885. The summed E-state index contributed by atoms with van der Waals surface area (Å²) in [5, 5.41) is 9.16. The molecule has 0 atom stereocenters. The fourth-order valence-electron chi connectivity index (χ4n) is 2.39. The van der Waals surface area contributed by atoms with Crippen molar-refractivity contribution < 1.29 is 9.90 Å². The second-order valence-corrected chi connectivity index (χ2v) is 6.21. The van der Waals surface area contributed by atoms with Gasteiger partial charge in [-0.25, -0.2) is 4.79 Å². The van der Waals surface area contributed by atoms with E-state index in [1.165, 1.54) is 5.56 Å². The van der Waals surface area contributed by atoms with Gasteiger partial charge in [-0.15, -0.1) is 0 Å². The number of carboxylic acids is 1. The van der Waals surface area contributed by atoms with Crippen LogP contribution < -0.4 is 0 Å². The molecule has 0 bridgehead atoms. The van der Waals surface area contributed by atoms with Crippen LogP contribution in [-0.4, -0.2) is 11.1 Å². The maximum Gasteiger partial charge on any atom is 0.335 e. The normalized spacial score (nSPS) is 11.4. The van der Waals surface area contributed by atoms with Crippen molar-refractivity contribution in [2.75, 3.05) is 0 Å². The van der Waals surface area contributed by atoms with Crippen LogP contribution in [0.2, 0.25) is 0 Å². The molecule has 0 aliphatic rings. The van der Waals surface area contributed by atoms with Crippen molar-refractivity contribution in [1.82, 2.24) is 0 Å². The van der Waals surface area contributed by atoms with Crippen LogP contribution in [-0.2, 0) is 5.41 Å². The van der Waals surface area contributed by atoms with Gasteiger partial charge >= 0.3 is 5.97 Å². The summed E-state index contributed by atoms with van der Waals surface area (Å²) in [6, 6.07) is 13.9. The lowest BCUT2D eigenvalue weighted by Gasteiger charge is -2.23. The Kier molecular flexibility index (Phi) is 4.17. The van der Waals surface area contributed by atoms with Gasteiger partial charge < -0.3 is 5.11 Å². The Balaban J connectivity index is 2.42. The molecule has 0 saturated heterocycles. The zero-order valence-electron chi connectivity index (χ0n) is 13.1. The average molecular weight is 282 g/mol. The Hall–Kier alpha value is -2.09. The zero-order chi connectivity index (χ0) is 15.6. The molecule has 0 radical (unpaired) electrons. The predicted molar refractivity (Wildman–Crippen MR) is 86.9 cm³/mol. The third-order valence-corrected chi connectivity index (χ3v) is 4.21. The highest BCUT2D eigenvalue weighted by Crippen LogP contribution is 2.29. The van der Waals surface area contributed by atoms with Crippen LogP contribution >= 0.6 is 0 Å². The SMILES string of the molecule is CCC(C)(C)c1ccc(-c2cc(C)cc(C(=O)O)c2)cc1. The number of aromatic carboxylic acids is 1. The second kappa shape index (κ2) is 5.72. The molecule has 0 unspecified atom stereocenters. The molecule has 0 aliphatic carbocycles. The minimum absolute atomic E-state index is 0.164. The number of benzene rings is 2. The molecule has 21 heavy (non-hydrogen) atoms. The molecule has 0 aromatic heterocycles. The Bertz CT molecular complexity index is 652. The Morgan fingerprint density at radius 2 is 1.67 bits per heavy atom. The van der Waals surface area contributed by atoms with Gasteiger partial charge in [0, 0.05) is 0 Å². The Morgan fingerprint density at radius 1 is 1.05 bits per heavy atom. The van der Waals surface area contributed by atoms with Gasteiger partial charge in [0.1, 0.15) is 0 Å². The minimum Gasteiger partial charge on any atom is -0.478 e. The lowest BCUT2D eigenvalue weighted by molar-refractivity contribution is 0.0697. The zero-order valence-corrected chi connectivity index (χ0v) is 13.1. The average Bonchev–Trinajstić information content (AvgIpc) is 2.46. The summed E-state index contributed by atoms with van der Waals surface area (Å²) in [6.45, 7) is 8.58. The van der Waals surface area contributed by atoms with Gasteiger partial charge in [-0.3, -0.25) is 0 Å². The van der Waals surface area contributed by atoms with Crippen LogP contribution in [0.15, 0.2) is 42.5 Å². The predicted octanol–water partition coefficient (Wildman–Crippen LogP) is 5.05. The first kappa shape index (κ1) is 15.3. The number of hydrogen-bond acceptors (Lipinski definition) is 1. The quantitative estimate of drug-likeness (QED) is 0.852. The number of rotatable bonds is 4. The van der Waals surface area contributed by atoms with Gasteiger partial charge in [-0.1, -0.05) is 51.1 Å². The van der Waals surface area contributed by atoms with E-state index < -0.39 is 5.97 Å². The minimum atomic E-state index is -0.885. The number of aryl methyl sites for hydroxylation is 1. The van der Waals surface area contributed by atoms with E-state index in [1.54, 1.807) is 12.1 Å². The van der Waals surface area contributed by atoms with Gasteiger partial charge in [-0.05, 0) is 53.1 Å². The number of carboxylic acid groups (broad SMARTS) is 1. The van der Waals surface area contributed by atoms with Crippen LogP contribution in [0.4, 0.5) is 0 Å². The molecule has 0 spiro atoms. The standard InChI is InChI=1S/C19H22O2/c1-5-19(3,4)17-8-6-14(7-9-17)15-10-13(2)11-16(12-15)18(20)21/h6-12H,5H2,1-4H3,(H,20,21). The lowest BCUT2D eigenvalue weighted by Crippen LogP contribution is -2.14. The van der Waals surface area contributed by atoms with E-state index >= 15 is 0 Å². The summed E-state index contributed by atoms with van der Waals surface area (Å²) in [6.07, 6.45) is 1.08. The van der Waals surface area contributed by atoms with E-state index in [-0.39, 0.29) is 5.41 Å². The third-order valence-electron chi connectivity index (χ3n) is 4.21. The topological polar surface area (TPSA) is 37.3 Å². The van der Waals surface area contributed by atoms with Crippen LogP contribution in [0.1, 0.15) is 48.7 Å². The molecule has 2 heteroatoms. The summed E-state index contributed by atoms with van der Waals surface area (Å²) in [5.41, 5.74) is 4.77. The van der Waals surface area contributed by atoms with E-state index in [0.29, 0.717) is 5.56 Å². The largest absolute Gasteiger partial charge is 0.478 e. The first-order chi connectivity index (χ1) is 9.83. The van der Waals surface area contributed by atoms with Gasteiger partial charge in [0.25, 0.3) is 0 Å². The first-order valence-electron chi connectivity index (χ1n) is 7.29. The van der Waals surface area contributed by atoms with Crippen molar-refractivity contribution >= 4 is 5.97 Å². The van der Waals surface area contributed by atoms with E-state index in [1.807, 2.05) is 13.0 Å². The third kappa shape index (κ3) is 3.33. The number of hydrogen-bond donors (Lipinski definition) is 1. The molecule has 2 aromatic carbocycles. The van der Waals surface area contributed by atoms with Gasteiger partial charge in [0.15, 0.2) is 0 Å². The molecule has 0 amide bonds. The van der Waals surface area contributed by atoms with Crippen LogP contribution in [0, 0.1) is 6.92 Å². The Morgan fingerprint density at radius 3 is 2.19 bits per heavy atom. The summed E-state index contributed by atoms with van der Waals surface area (Å²) >= 11 is 0. The van der Waals surface area contributed by atoms with Crippen molar-refractivity contribution in [3.63, 3.8) is 0 Å².